The van der Waals surface area contributed by atoms with Crippen LogP contribution in [0.2, 0.25) is 0 Å². The minimum Gasteiger partial charge on any atom is -0.490 e. The van der Waals surface area contributed by atoms with Crippen LogP contribution in [0.15, 0.2) is 66.2 Å². The number of carbonyl (C=O) groups excluding carboxylic acids is 1. The monoisotopic (exact) mass is 378 g/mol. The number of hydrogen-bond acceptors (Lipinski definition) is 5. The van der Waals surface area contributed by atoms with E-state index in [1.54, 1.807) is 12.1 Å². The van der Waals surface area contributed by atoms with Crippen molar-refractivity contribution < 1.29 is 14.3 Å². The van der Waals surface area contributed by atoms with Gasteiger partial charge in [-0.15, -0.1) is 11.3 Å². The van der Waals surface area contributed by atoms with Crippen LogP contribution in [-0.2, 0) is 11.2 Å². The van der Waals surface area contributed by atoms with Crippen LogP contribution in [0.5, 0.6) is 11.5 Å². The van der Waals surface area contributed by atoms with Crippen molar-refractivity contribution in [3.63, 3.8) is 0 Å². The maximum absolute atomic E-state index is 12.4. The number of hydrogen-bond donors (Lipinski definition) is 0. The van der Waals surface area contributed by atoms with Crippen molar-refractivity contribution in [3.05, 3.63) is 71.9 Å². The van der Waals surface area contributed by atoms with Crippen LogP contribution in [0.4, 0.5) is 0 Å². The van der Waals surface area contributed by atoms with Crippen molar-refractivity contribution in [1.29, 1.82) is 0 Å². The standard InChI is InChI=1S/C21H18N2O3S/c1-2-25-18-10-6-7-11-19(18)26-20(24)12-16-14-27-21-22-17(13-23(16)21)15-8-4-3-5-9-15/h3-11,13-14H,2,12H2,1H3. The molecule has 4 aromatic rings. The first kappa shape index (κ1) is 17.3. The summed E-state index contributed by atoms with van der Waals surface area (Å²) in [5, 5.41) is 1.94. The first-order chi connectivity index (χ1) is 13.2. The average molecular weight is 378 g/mol. The Balaban J connectivity index is 1.53. The molecule has 0 saturated carbocycles. The van der Waals surface area contributed by atoms with E-state index in [-0.39, 0.29) is 12.4 Å². The van der Waals surface area contributed by atoms with Crippen LogP contribution in [0.25, 0.3) is 16.2 Å². The minimum atomic E-state index is -0.336. The number of rotatable bonds is 6. The summed E-state index contributed by atoms with van der Waals surface area (Å²) in [5.74, 6) is 0.668. The van der Waals surface area contributed by atoms with Gasteiger partial charge in [-0.05, 0) is 19.1 Å². The lowest BCUT2D eigenvalue weighted by atomic mass is 10.2. The Morgan fingerprint density at radius 3 is 2.59 bits per heavy atom. The smallest absolute Gasteiger partial charge is 0.317 e. The molecule has 6 heteroatoms. The van der Waals surface area contributed by atoms with E-state index in [0.29, 0.717) is 18.1 Å². The fourth-order valence-electron chi connectivity index (χ4n) is 2.82. The SMILES string of the molecule is CCOc1ccccc1OC(=O)Cc1csc2nc(-c3ccccc3)cn12. The molecule has 4 rings (SSSR count). The van der Waals surface area contributed by atoms with Crippen LogP contribution in [0, 0.1) is 0 Å². The zero-order valence-electron chi connectivity index (χ0n) is 14.8. The third-order valence-electron chi connectivity index (χ3n) is 4.05. The summed E-state index contributed by atoms with van der Waals surface area (Å²) >= 11 is 1.51. The molecule has 0 atom stereocenters. The van der Waals surface area contributed by atoms with Gasteiger partial charge in [0, 0.05) is 22.8 Å². The van der Waals surface area contributed by atoms with Gasteiger partial charge in [0.2, 0.25) is 0 Å². The van der Waals surface area contributed by atoms with Gasteiger partial charge >= 0.3 is 5.97 Å². The van der Waals surface area contributed by atoms with Crippen LogP contribution >= 0.6 is 11.3 Å². The van der Waals surface area contributed by atoms with Gasteiger partial charge in [0.15, 0.2) is 16.5 Å². The molecule has 0 N–H and O–H groups in total. The molecule has 27 heavy (non-hydrogen) atoms. The summed E-state index contributed by atoms with van der Waals surface area (Å²) in [6, 6.07) is 17.2. The van der Waals surface area contributed by atoms with Crippen LogP contribution in [0.3, 0.4) is 0 Å². The van der Waals surface area contributed by atoms with Crippen molar-refractivity contribution in [3.8, 4) is 22.8 Å². The quantitative estimate of drug-likeness (QED) is 0.363. The summed E-state index contributed by atoms with van der Waals surface area (Å²) in [6.45, 7) is 2.40. The number of ether oxygens (including phenoxy) is 2. The zero-order chi connectivity index (χ0) is 18.6. The first-order valence-corrected chi connectivity index (χ1v) is 9.56. The minimum absolute atomic E-state index is 0.158. The van der Waals surface area contributed by atoms with E-state index in [0.717, 1.165) is 21.9 Å². The summed E-state index contributed by atoms with van der Waals surface area (Å²) in [7, 11) is 0. The van der Waals surface area contributed by atoms with E-state index in [2.05, 4.69) is 4.98 Å². The van der Waals surface area contributed by atoms with E-state index in [4.69, 9.17) is 9.47 Å². The predicted octanol–water partition coefficient (Wildman–Crippen LogP) is 4.61. The molecule has 0 unspecified atom stereocenters. The summed E-state index contributed by atoms with van der Waals surface area (Å²) in [6.07, 6.45) is 2.11. The fraction of sp³-hybridized carbons (Fsp3) is 0.143. The number of nitrogens with zero attached hydrogens (tertiary/aromatic N) is 2. The summed E-state index contributed by atoms with van der Waals surface area (Å²) in [5.41, 5.74) is 2.79. The second kappa shape index (κ2) is 7.63. The van der Waals surface area contributed by atoms with Gasteiger partial charge in [-0.2, -0.15) is 0 Å². The first-order valence-electron chi connectivity index (χ1n) is 8.68. The van der Waals surface area contributed by atoms with Crippen molar-refractivity contribution in [2.45, 2.75) is 13.3 Å². The molecule has 0 aliphatic carbocycles. The molecule has 0 radical (unpaired) electrons. The largest absolute Gasteiger partial charge is 0.490 e. The van der Waals surface area contributed by atoms with E-state index in [1.807, 2.05) is 65.4 Å². The third kappa shape index (κ3) is 3.71. The maximum Gasteiger partial charge on any atom is 0.317 e. The van der Waals surface area contributed by atoms with Gasteiger partial charge in [0.05, 0.1) is 18.7 Å². The molecule has 2 aromatic heterocycles. The Morgan fingerprint density at radius 1 is 1.07 bits per heavy atom. The fourth-order valence-corrected chi connectivity index (χ4v) is 3.69. The zero-order valence-corrected chi connectivity index (χ0v) is 15.6. The van der Waals surface area contributed by atoms with Gasteiger partial charge < -0.3 is 9.47 Å². The van der Waals surface area contributed by atoms with Crippen LogP contribution in [-0.4, -0.2) is 22.0 Å². The van der Waals surface area contributed by atoms with Crippen molar-refractivity contribution >= 4 is 22.3 Å². The molecular formula is C21H18N2O3S. The van der Waals surface area contributed by atoms with Gasteiger partial charge in [0.25, 0.3) is 0 Å². The Bertz CT molecular complexity index is 1070. The average Bonchev–Trinajstić information content (AvgIpc) is 3.26. The number of thiazole rings is 1. The second-order valence-corrected chi connectivity index (χ2v) is 6.74. The summed E-state index contributed by atoms with van der Waals surface area (Å²) in [4.78, 5) is 17.9. The highest BCUT2D eigenvalue weighted by atomic mass is 32.1. The highest BCUT2D eigenvalue weighted by Crippen LogP contribution is 2.27. The van der Waals surface area contributed by atoms with Crippen LogP contribution in [0.1, 0.15) is 12.6 Å². The molecule has 2 heterocycles. The molecular weight excluding hydrogens is 360 g/mol. The number of para-hydroxylation sites is 2. The Labute approximate surface area is 160 Å². The van der Waals surface area contributed by atoms with Gasteiger partial charge in [-0.3, -0.25) is 9.20 Å². The third-order valence-corrected chi connectivity index (χ3v) is 4.94. The number of benzene rings is 2. The molecule has 136 valence electrons. The lowest BCUT2D eigenvalue weighted by molar-refractivity contribution is -0.133. The Morgan fingerprint density at radius 2 is 1.81 bits per heavy atom. The number of fused-ring (bicyclic) bond motifs is 1. The van der Waals surface area contributed by atoms with Crippen molar-refractivity contribution in [2.24, 2.45) is 0 Å². The highest BCUT2D eigenvalue weighted by molar-refractivity contribution is 7.15. The maximum atomic E-state index is 12.4. The topological polar surface area (TPSA) is 52.8 Å². The molecule has 0 spiro atoms. The lowest BCUT2D eigenvalue weighted by Gasteiger charge is -2.09. The molecule has 0 aliphatic heterocycles. The van der Waals surface area contributed by atoms with Gasteiger partial charge in [-0.25, -0.2) is 4.98 Å². The second-order valence-electron chi connectivity index (χ2n) is 5.90. The lowest BCUT2D eigenvalue weighted by Crippen LogP contribution is -2.13. The number of carbonyl (C=O) groups is 1. The molecule has 0 amide bonds. The molecule has 0 saturated heterocycles. The van der Waals surface area contributed by atoms with E-state index in [1.165, 1.54) is 11.3 Å². The predicted molar refractivity (Wildman–Crippen MR) is 105 cm³/mol. The molecule has 2 aromatic carbocycles. The van der Waals surface area contributed by atoms with Crippen molar-refractivity contribution in [1.82, 2.24) is 9.38 Å². The Hall–Kier alpha value is -3.12. The molecule has 5 nitrogen and oxygen atoms in total. The van der Waals surface area contributed by atoms with Gasteiger partial charge in [-0.1, -0.05) is 42.5 Å². The Kier molecular flexibility index (Phi) is 4.89. The number of imidazole rings is 1. The molecule has 0 aliphatic rings. The number of aromatic nitrogens is 2. The summed E-state index contributed by atoms with van der Waals surface area (Å²) < 4.78 is 13.0. The highest BCUT2D eigenvalue weighted by Gasteiger charge is 2.15. The van der Waals surface area contributed by atoms with E-state index >= 15 is 0 Å². The van der Waals surface area contributed by atoms with Gasteiger partial charge in [0.1, 0.15) is 0 Å². The van der Waals surface area contributed by atoms with E-state index in [9.17, 15) is 4.79 Å². The number of esters is 1. The molecule has 0 bridgehead atoms. The van der Waals surface area contributed by atoms with Crippen LogP contribution < -0.4 is 9.47 Å². The van der Waals surface area contributed by atoms with E-state index < -0.39 is 0 Å². The van der Waals surface area contributed by atoms with Crippen molar-refractivity contribution in [2.75, 3.05) is 6.61 Å². The normalized spacial score (nSPS) is 10.9. The molecule has 0 fully saturated rings.